The normalized spacial score (nSPS) is 20.3. The Labute approximate surface area is 221 Å². The van der Waals surface area contributed by atoms with E-state index in [9.17, 15) is 18.0 Å². The van der Waals surface area contributed by atoms with Gasteiger partial charge in [-0.25, -0.2) is 0 Å². The van der Waals surface area contributed by atoms with Crippen molar-refractivity contribution in [3.05, 3.63) is 79.7 Å². The fraction of sp³-hybridized carbons (Fsp3) is 0.250. The molecule has 0 saturated carbocycles. The molecule has 182 valence electrons. The standard InChI is InChI=1S/C24H16BrCl2F3N2O2S/c25-19-3-1-2-17-16(4-5-18(21(17)19)22(33)31-15-10-35-11-15)20-9-23(34-32-20,24(28,29)30)12-6-13(26)8-14(27)7-12/h1-8,15H,9-11H2,(H,31,33). The minimum atomic E-state index is -4.80. The molecule has 0 aromatic heterocycles. The maximum absolute atomic E-state index is 14.4. The van der Waals surface area contributed by atoms with Crippen LogP contribution in [0.5, 0.6) is 0 Å². The first-order chi connectivity index (χ1) is 16.6. The smallest absolute Gasteiger partial charge is 0.374 e. The van der Waals surface area contributed by atoms with Gasteiger partial charge in [0, 0.05) is 60.6 Å². The Bertz CT molecular complexity index is 1360. The number of alkyl halides is 3. The molecule has 0 radical (unpaired) electrons. The molecule has 0 spiro atoms. The third-order valence-corrected chi connectivity index (χ3v) is 8.41. The molecule has 1 N–H and O–H groups in total. The number of carbonyl (C=O) groups is 1. The first-order valence-corrected chi connectivity index (χ1v) is 13.2. The van der Waals surface area contributed by atoms with Crippen LogP contribution >= 0.6 is 50.9 Å². The van der Waals surface area contributed by atoms with Gasteiger partial charge in [-0.15, -0.1) is 0 Å². The highest BCUT2D eigenvalue weighted by Gasteiger charge is 2.62. The van der Waals surface area contributed by atoms with Crippen molar-refractivity contribution in [2.24, 2.45) is 5.16 Å². The number of amides is 1. The number of halogens is 6. The fourth-order valence-corrected chi connectivity index (χ4v) is 5.96. The predicted molar refractivity (Wildman–Crippen MR) is 137 cm³/mol. The SMILES string of the molecule is O=C(NC1CSC1)c1ccc(C2=NOC(c3cc(Cl)cc(Cl)c3)(C(F)(F)F)C2)c2cccc(Br)c12. The maximum atomic E-state index is 14.4. The quantitative estimate of drug-likeness (QED) is 0.339. The zero-order valence-corrected chi connectivity index (χ0v) is 21.7. The van der Waals surface area contributed by atoms with E-state index in [-0.39, 0.29) is 33.3 Å². The van der Waals surface area contributed by atoms with Gasteiger partial charge in [0.05, 0.1) is 5.71 Å². The van der Waals surface area contributed by atoms with Gasteiger partial charge in [0.15, 0.2) is 0 Å². The van der Waals surface area contributed by atoms with Gasteiger partial charge < -0.3 is 10.2 Å². The Morgan fingerprint density at radius 2 is 1.86 bits per heavy atom. The number of rotatable bonds is 4. The molecule has 1 unspecified atom stereocenters. The maximum Gasteiger partial charge on any atom is 0.435 e. The molecule has 2 heterocycles. The molecule has 35 heavy (non-hydrogen) atoms. The molecular weight excluding hydrogens is 588 g/mol. The topological polar surface area (TPSA) is 50.7 Å². The van der Waals surface area contributed by atoms with Gasteiger partial charge in [-0.2, -0.15) is 24.9 Å². The molecule has 2 aliphatic heterocycles. The number of nitrogens with zero attached hydrogens (tertiary/aromatic N) is 1. The van der Waals surface area contributed by atoms with Gasteiger partial charge in [0.25, 0.3) is 11.5 Å². The van der Waals surface area contributed by atoms with Crippen molar-refractivity contribution in [1.82, 2.24) is 5.32 Å². The van der Waals surface area contributed by atoms with Crippen LogP contribution in [0.1, 0.15) is 27.9 Å². The van der Waals surface area contributed by atoms with E-state index >= 15 is 0 Å². The number of hydrogen-bond acceptors (Lipinski definition) is 4. The summed E-state index contributed by atoms with van der Waals surface area (Å²) in [6, 6.07) is 12.3. The van der Waals surface area contributed by atoms with E-state index in [0.29, 0.717) is 26.4 Å². The van der Waals surface area contributed by atoms with Crippen LogP contribution in [0.4, 0.5) is 13.2 Å². The average molecular weight is 604 g/mol. The Morgan fingerprint density at radius 1 is 1.14 bits per heavy atom. The van der Waals surface area contributed by atoms with Crippen LogP contribution in [0.2, 0.25) is 10.0 Å². The summed E-state index contributed by atoms with van der Waals surface area (Å²) in [5.74, 6) is 1.47. The molecule has 3 aromatic carbocycles. The summed E-state index contributed by atoms with van der Waals surface area (Å²) in [5, 5.41) is 8.16. The molecule has 1 atom stereocenters. The fourth-order valence-electron chi connectivity index (χ4n) is 4.22. The van der Waals surface area contributed by atoms with E-state index in [2.05, 4.69) is 26.4 Å². The molecule has 1 amide bonds. The van der Waals surface area contributed by atoms with Crippen molar-refractivity contribution in [2.45, 2.75) is 24.2 Å². The summed E-state index contributed by atoms with van der Waals surface area (Å²) in [7, 11) is 0. The van der Waals surface area contributed by atoms with E-state index in [1.807, 2.05) is 0 Å². The first kappa shape index (κ1) is 24.7. The van der Waals surface area contributed by atoms with Gasteiger partial charge >= 0.3 is 6.18 Å². The first-order valence-electron chi connectivity index (χ1n) is 10.5. The molecule has 0 aliphatic carbocycles. The number of thioether (sulfide) groups is 1. The lowest BCUT2D eigenvalue weighted by Crippen LogP contribution is -2.43. The summed E-state index contributed by atoms with van der Waals surface area (Å²) < 4.78 is 43.9. The zero-order chi connectivity index (χ0) is 25.0. The summed E-state index contributed by atoms with van der Waals surface area (Å²) in [6.45, 7) is 0. The number of benzene rings is 3. The van der Waals surface area contributed by atoms with Crippen molar-refractivity contribution >= 4 is 73.3 Å². The molecule has 2 aliphatic rings. The lowest BCUT2D eigenvalue weighted by Gasteiger charge is -2.29. The van der Waals surface area contributed by atoms with Crippen molar-refractivity contribution in [1.29, 1.82) is 0 Å². The highest BCUT2D eigenvalue weighted by molar-refractivity contribution is 9.10. The second kappa shape index (κ2) is 9.18. The lowest BCUT2D eigenvalue weighted by atomic mass is 9.85. The van der Waals surface area contributed by atoms with Gasteiger partial charge in [-0.3, -0.25) is 4.79 Å². The van der Waals surface area contributed by atoms with Crippen molar-refractivity contribution < 1.29 is 22.8 Å². The summed E-state index contributed by atoms with van der Waals surface area (Å²) >= 11 is 17.2. The summed E-state index contributed by atoms with van der Waals surface area (Å²) in [6.07, 6.45) is -5.39. The number of oxime groups is 1. The molecule has 3 aromatic rings. The van der Waals surface area contributed by atoms with E-state index in [0.717, 1.165) is 11.5 Å². The molecule has 11 heteroatoms. The minimum absolute atomic E-state index is 0.0581. The van der Waals surface area contributed by atoms with E-state index in [1.54, 1.807) is 42.1 Å². The Morgan fingerprint density at radius 3 is 2.49 bits per heavy atom. The van der Waals surface area contributed by atoms with Gasteiger partial charge in [-0.05, 0) is 35.7 Å². The summed E-state index contributed by atoms with van der Waals surface area (Å²) in [4.78, 5) is 18.1. The number of nitrogens with one attached hydrogen (secondary N) is 1. The van der Waals surface area contributed by atoms with Crippen LogP contribution in [-0.2, 0) is 10.4 Å². The third-order valence-electron chi connectivity index (χ3n) is 6.03. The van der Waals surface area contributed by atoms with Crippen molar-refractivity contribution in [2.75, 3.05) is 11.5 Å². The largest absolute Gasteiger partial charge is 0.435 e. The zero-order valence-electron chi connectivity index (χ0n) is 17.8. The van der Waals surface area contributed by atoms with Crippen LogP contribution in [-0.4, -0.2) is 35.3 Å². The van der Waals surface area contributed by atoms with Crippen LogP contribution in [0.25, 0.3) is 10.8 Å². The molecule has 4 nitrogen and oxygen atoms in total. The second-order valence-electron chi connectivity index (χ2n) is 8.32. The van der Waals surface area contributed by atoms with E-state index in [1.165, 1.54) is 18.2 Å². The molecule has 5 rings (SSSR count). The summed E-state index contributed by atoms with van der Waals surface area (Å²) in [5.41, 5.74) is -2.01. The number of carbonyl (C=O) groups excluding carboxylic acids is 1. The molecule has 1 saturated heterocycles. The van der Waals surface area contributed by atoms with Gasteiger partial charge in [0.1, 0.15) is 0 Å². The highest BCUT2D eigenvalue weighted by atomic mass is 79.9. The van der Waals surface area contributed by atoms with Gasteiger partial charge in [0.2, 0.25) is 0 Å². The predicted octanol–water partition coefficient (Wildman–Crippen LogP) is 7.34. The number of fused-ring (bicyclic) bond motifs is 1. The van der Waals surface area contributed by atoms with Crippen LogP contribution in [0, 0.1) is 0 Å². The average Bonchev–Trinajstić information content (AvgIpc) is 3.22. The Hall–Kier alpha value is -1.94. The Kier molecular flexibility index (Phi) is 6.49. The third kappa shape index (κ3) is 4.41. The van der Waals surface area contributed by atoms with Crippen LogP contribution in [0.15, 0.2) is 58.2 Å². The second-order valence-corrected chi connectivity index (χ2v) is 11.1. The van der Waals surface area contributed by atoms with E-state index < -0.39 is 18.2 Å². The monoisotopic (exact) mass is 602 g/mol. The molecule has 0 bridgehead atoms. The van der Waals surface area contributed by atoms with Crippen LogP contribution in [0.3, 0.4) is 0 Å². The minimum Gasteiger partial charge on any atom is -0.374 e. The van der Waals surface area contributed by atoms with Crippen molar-refractivity contribution in [3.8, 4) is 0 Å². The molecule has 1 fully saturated rings. The molecular formula is C24H16BrCl2F3N2O2S. The lowest BCUT2D eigenvalue weighted by molar-refractivity contribution is -0.275. The van der Waals surface area contributed by atoms with Crippen molar-refractivity contribution in [3.63, 3.8) is 0 Å². The highest BCUT2D eigenvalue weighted by Crippen LogP contribution is 2.50. The van der Waals surface area contributed by atoms with Crippen LogP contribution < -0.4 is 5.32 Å². The van der Waals surface area contributed by atoms with Gasteiger partial charge in [-0.1, -0.05) is 62.5 Å². The van der Waals surface area contributed by atoms with E-state index in [4.69, 9.17) is 28.0 Å². The number of hydrogen-bond donors (Lipinski definition) is 1. The Balaban J connectivity index is 1.58.